The number of aliphatic hydroxyl groups excluding tert-OH is 1. The third-order valence-electron chi connectivity index (χ3n) is 3.80. The second-order valence-corrected chi connectivity index (χ2v) is 5.84. The minimum atomic E-state index is -0.802. The quantitative estimate of drug-likeness (QED) is 0.908. The maximum atomic E-state index is 10.9. The summed E-state index contributed by atoms with van der Waals surface area (Å²) in [6.07, 6.45) is 2.09. The monoisotopic (exact) mass is 302 g/mol. The summed E-state index contributed by atoms with van der Waals surface area (Å²) in [5.74, 6) is 0. The number of hydrogen-bond donors (Lipinski definition) is 1. The Balaban J connectivity index is 2.36. The molecule has 1 aromatic rings. The lowest BCUT2D eigenvalue weighted by Gasteiger charge is -2.40. The predicted octanol–water partition coefficient (Wildman–Crippen LogP) is 2.74. The van der Waals surface area contributed by atoms with Gasteiger partial charge in [-0.3, -0.25) is 4.68 Å². The molecule has 0 saturated carbocycles. The van der Waals surface area contributed by atoms with Gasteiger partial charge in [0, 0.05) is 38.7 Å². The molecule has 6 heteroatoms. The normalized spacial score (nSPS) is 20.3. The van der Waals surface area contributed by atoms with Crippen molar-refractivity contribution in [1.29, 1.82) is 0 Å². The largest absolute Gasteiger partial charge is 0.384 e. The molecule has 114 valence electrons. The fourth-order valence-electron chi connectivity index (χ4n) is 2.77. The average molecular weight is 303 g/mol. The van der Waals surface area contributed by atoms with Gasteiger partial charge in [0.2, 0.25) is 0 Å². The van der Waals surface area contributed by atoms with Crippen molar-refractivity contribution < 1.29 is 14.6 Å². The van der Waals surface area contributed by atoms with Crippen LogP contribution in [0.3, 0.4) is 0 Å². The van der Waals surface area contributed by atoms with E-state index in [1.165, 1.54) is 0 Å². The first-order valence-corrected chi connectivity index (χ1v) is 7.52. The van der Waals surface area contributed by atoms with E-state index in [-0.39, 0.29) is 6.04 Å². The average Bonchev–Trinajstić information content (AvgIpc) is 2.81. The Labute approximate surface area is 124 Å². The predicted molar refractivity (Wildman–Crippen MR) is 77.0 cm³/mol. The van der Waals surface area contributed by atoms with E-state index in [4.69, 9.17) is 21.1 Å². The zero-order valence-corrected chi connectivity index (χ0v) is 13.1. The second kappa shape index (κ2) is 6.43. The Morgan fingerprint density at radius 3 is 2.70 bits per heavy atom. The maximum Gasteiger partial charge on any atom is 0.126 e. The van der Waals surface area contributed by atoms with Gasteiger partial charge in [0.25, 0.3) is 0 Å². The van der Waals surface area contributed by atoms with Crippen molar-refractivity contribution in [2.24, 2.45) is 0 Å². The van der Waals surface area contributed by atoms with E-state index in [1.54, 1.807) is 10.9 Å². The van der Waals surface area contributed by atoms with Crippen LogP contribution in [-0.2, 0) is 9.47 Å². The molecule has 1 fully saturated rings. The van der Waals surface area contributed by atoms with Crippen molar-refractivity contribution >= 4 is 11.6 Å². The zero-order chi connectivity index (χ0) is 14.8. The first kappa shape index (κ1) is 15.8. The van der Waals surface area contributed by atoms with Crippen molar-refractivity contribution in [2.45, 2.75) is 51.4 Å². The highest BCUT2D eigenvalue weighted by atomic mass is 35.5. The number of aromatic nitrogens is 2. The van der Waals surface area contributed by atoms with Crippen LogP contribution in [0.4, 0.5) is 0 Å². The van der Waals surface area contributed by atoms with Crippen molar-refractivity contribution in [3.8, 4) is 0 Å². The highest BCUT2D eigenvalue weighted by Gasteiger charge is 2.43. The fraction of sp³-hybridized carbons (Fsp3) is 0.786. The minimum Gasteiger partial charge on any atom is -0.384 e. The van der Waals surface area contributed by atoms with Gasteiger partial charge in [-0.15, -0.1) is 0 Å². The molecule has 0 aliphatic carbocycles. The molecule has 1 aromatic heterocycles. The second-order valence-electron chi connectivity index (χ2n) is 5.43. The van der Waals surface area contributed by atoms with Crippen LogP contribution in [-0.4, -0.2) is 40.3 Å². The number of aliphatic hydroxyl groups is 1. The van der Waals surface area contributed by atoms with Crippen LogP contribution in [0.25, 0.3) is 0 Å². The van der Waals surface area contributed by atoms with Crippen LogP contribution in [0.5, 0.6) is 0 Å². The first-order valence-electron chi connectivity index (χ1n) is 7.14. The molecule has 2 heterocycles. The molecule has 1 unspecified atom stereocenters. The lowest BCUT2D eigenvalue weighted by molar-refractivity contribution is -0.170. The van der Waals surface area contributed by atoms with Gasteiger partial charge in [-0.1, -0.05) is 11.6 Å². The fourth-order valence-corrected chi connectivity index (χ4v) is 3.00. The number of nitrogens with zero attached hydrogens (tertiary/aromatic N) is 2. The van der Waals surface area contributed by atoms with Gasteiger partial charge in [0.1, 0.15) is 11.7 Å². The third kappa shape index (κ3) is 2.86. The summed E-state index contributed by atoms with van der Waals surface area (Å²) in [6, 6.07) is 0.130. The van der Waals surface area contributed by atoms with Gasteiger partial charge in [0.05, 0.1) is 16.9 Å². The number of hydrogen-bond acceptors (Lipinski definition) is 4. The number of ether oxygens (including phenoxy) is 2. The van der Waals surface area contributed by atoms with Crippen molar-refractivity contribution in [2.75, 3.05) is 19.8 Å². The molecule has 1 N–H and O–H groups in total. The summed E-state index contributed by atoms with van der Waals surface area (Å²) < 4.78 is 13.1. The minimum absolute atomic E-state index is 0.130. The molecule has 0 bridgehead atoms. The van der Waals surface area contributed by atoms with Gasteiger partial charge in [0.15, 0.2) is 0 Å². The van der Waals surface area contributed by atoms with E-state index in [0.29, 0.717) is 43.4 Å². The standard InChI is InChI=1S/C14H23ClN2O3/c1-4-20-14(5-7-19-8-6-14)13(18)12-11(15)9-16-17(12)10(2)3/h9-10,13,18H,4-8H2,1-3H3. The van der Waals surface area contributed by atoms with Crippen LogP contribution in [0.15, 0.2) is 6.20 Å². The van der Waals surface area contributed by atoms with E-state index in [1.807, 2.05) is 20.8 Å². The molecule has 1 atom stereocenters. The molecule has 1 aliphatic heterocycles. The van der Waals surface area contributed by atoms with Crippen LogP contribution in [0, 0.1) is 0 Å². The summed E-state index contributed by atoms with van der Waals surface area (Å²) in [5, 5.41) is 15.6. The Hall–Kier alpha value is -0.620. The summed E-state index contributed by atoms with van der Waals surface area (Å²) >= 11 is 6.24. The summed E-state index contributed by atoms with van der Waals surface area (Å²) in [5.41, 5.74) is 0.000525. The Bertz CT molecular complexity index is 436. The van der Waals surface area contributed by atoms with E-state index in [2.05, 4.69) is 5.10 Å². The summed E-state index contributed by atoms with van der Waals surface area (Å²) in [6.45, 7) is 7.68. The molecule has 0 amide bonds. The molecule has 0 spiro atoms. The molecular formula is C14H23ClN2O3. The molecule has 20 heavy (non-hydrogen) atoms. The van der Waals surface area contributed by atoms with Gasteiger partial charge in [-0.2, -0.15) is 5.10 Å². The zero-order valence-electron chi connectivity index (χ0n) is 12.3. The van der Waals surface area contributed by atoms with E-state index in [9.17, 15) is 5.11 Å². The molecular weight excluding hydrogens is 280 g/mol. The lowest BCUT2D eigenvalue weighted by Crippen LogP contribution is -2.45. The van der Waals surface area contributed by atoms with Gasteiger partial charge in [-0.05, 0) is 20.8 Å². The number of rotatable bonds is 5. The number of halogens is 1. The topological polar surface area (TPSA) is 56.5 Å². The molecule has 1 saturated heterocycles. The molecule has 5 nitrogen and oxygen atoms in total. The molecule has 2 rings (SSSR count). The molecule has 1 aliphatic rings. The Kier molecular flexibility index (Phi) is 5.07. The lowest BCUT2D eigenvalue weighted by atomic mass is 9.86. The highest BCUT2D eigenvalue weighted by molar-refractivity contribution is 6.31. The van der Waals surface area contributed by atoms with E-state index in [0.717, 1.165) is 0 Å². The van der Waals surface area contributed by atoms with E-state index < -0.39 is 11.7 Å². The van der Waals surface area contributed by atoms with Crippen molar-refractivity contribution in [1.82, 2.24) is 9.78 Å². The van der Waals surface area contributed by atoms with Crippen LogP contribution >= 0.6 is 11.6 Å². The summed E-state index contributed by atoms with van der Waals surface area (Å²) in [7, 11) is 0. The van der Waals surface area contributed by atoms with Crippen LogP contribution < -0.4 is 0 Å². The summed E-state index contributed by atoms with van der Waals surface area (Å²) in [4.78, 5) is 0. The van der Waals surface area contributed by atoms with Crippen LogP contribution in [0.1, 0.15) is 51.5 Å². The SMILES string of the molecule is CCOC1(C(O)c2c(Cl)cnn2C(C)C)CCOCC1. The molecule has 0 aromatic carbocycles. The third-order valence-corrected chi connectivity index (χ3v) is 4.10. The van der Waals surface area contributed by atoms with Crippen molar-refractivity contribution in [3.05, 3.63) is 16.9 Å². The van der Waals surface area contributed by atoms with Gasteiger partial charge < -0.3 is 14.6 Å². The maximum absolute atomic E-state index is 10.9. The van der Waals surface area contributed by atoms with Gasteiger partial charge in [-0.25, -0.2) is 0 Å². The smallest absolute Gasteiger partial charge is 0.126 e. The molecule has 0 radical (unpaired) electrons. The highest BCUT2D eigenvalue weighted by Crippen LogP contribution is 2.40. The Morgan fingerprint density at radius 1 is 1.50 bits per heavy atom. The Morgan fingerprint density at radius 2 is 2.15 bits per heavy atom. The first-order chi connectivity index (χ1) is 9.52. The van der Waals surface area contributed by atoms with Gasteiger partial charge >= 0.3 is 0 Å². The van der Waals surface area contributed by atoms with Crippen LogP contribution in [0.2, 0.25) is 5.02 Å². The van der Waals surface area contributed by atoms with Crippen molar-refractivity contribution in [3.63, 3.8) is 0 Å². The van der Waals surface area contributed by atoms with E-state index >= 15 is 0 Å².